The Bertz CT molecular complexity index is 123. The molecule has 0 rings (SSSR count). The normalized spacial score (nSPS) is 14.6. The van der Waals surface area contributed by atoms with E-state index in [2.05, 4.69) is 0 Å². The summed E-state index contributed by atoms with van der Waals surface area (Å²) < 4.78 is 5.06. The van der Waals surface area contributed by atoms with Crippen LogP contribution in [0, 0.1) is 0 Å². The third-order valence-electron chi connectivity index (χ3n) is 1.44. The fraction of sp³-hybridized carbons (Fsp3) is 0.600. The van der Waals surface area contributed by atoms with Gasteiger partial charge in [0.1, 0.15) is 0 Å². The topological polar surface area (TPSA) is 29.5 Å². The minimum atomic E-state index is -0.627. The Kier molecular flexibility index (Phi) is 8.07. The number of allylic oxidation sites excluding steroid dienone is 3. The van der Waals surface area contributed by atoms with Crippen molar-refractivity contribution in [2.45, 2.75) is 33.0 Å². The van der Waals surface area contributed by atoms with Crippen molar-refractivity contribution in [2.24, 2.45) is 0 Å². The van der Waals surface area contributed by atoms with E-state index in [-0.39, 0.29) is 0 Å². The summed E-state index contributed by atoms with van der Waals surface area (Å²) >= 11 is 0. The second-order valence-electron chi connectivity index (χ2n) is 2.50. The highest BCUT2D eigenvalue weighted by Gasteiger charge is 1.99. The number of hydrogen-bond donors (Lipinski definition) is 1. The Hall–Kier alpha value is -0.600. The number of aliphatic hydroxyl groups is 1. The van der Waals surface area contributed by atoms with Crippen LogP contribution in [0.4, 0.5) is 0 Å². The summed E-state index contributed by atoms with van der Waals surface area (Å²) in [5, 5.41) is 9.21. The summed E-state index contributed by atoms with van der Waals surface area (Å²) in [4.78, 5) is 0. The lowest BCUT2D eigenvalue weighted by atomic mass is 10.3. The van der Waals surface area contributed by atoms with Crippen LogP contribution in [-0.2, 0) is 4.74 Å². The van der Waals surface area contributed by atoms with E-state index in [9.17, 15) is 5.11 Å². The average Bonchev–Trinajstić information content (AvgIpc) is 2.06. The molecule has 0 fully saturated rings. The molecule has 0 amide bonds. The fourth-order valence-electron chi connectivity index (χ4n) is 0.752. The van der Waals surface area contributed by atoms with Crippen molar-refractivity contribution in [3.05, 3.63) is 24.3 Å². The first-order chi connectivity index (χ1) is 5.81. The Morgan fingerprint density at radius 2 is 1.92 bits per heavy atom. The van der Waals surface area contributed by atoms with Gasteiger partial charge in [-0.05, 0) is 20.3 Å². The Morgan fingerprint density at radius 3 is 2.50 bits per heavy atom. The summed E-state index contributed by atoms with van der Waals surface area (Å²) in [5.41, 5.74) is 0. The molecular formula is C10H18O2. The van der Waals surface area contributed by atoms with E-state index in [1.54, 1.807) is 0 Å². The smallest absolute Gasteiger partial charge is 0.155 e. The van der Waals surface area contributed by atoms with Gasteiger partial charge >= 0.3 is 0 Å². The SMILES string of the molecule is C/C=C/CCC(O)OC/C=C/C. The van der Waals surface area contributed by atoms with Crippen LogP contribution in [0.3, 0.4) is 0 Å². The number of ether oxygens (including phenoxy) is 1. The van der Waals surface area contributed by atoms with Crippen LogP contribution in [0.15, 0.2) is 24.3 Å². The second kappa shape index (κ2) is 8.50. The van der Waals surface area contributed by atoms with E-state index < -0.39 is 6.29 Å². The molecule has 0 aromatic heterocycles. The van der Waals surface area contributed by atoms with Crippen LogP contribution < -0.4 is 0 Å². The molecule has 1 unspecified atom stereocenters. The number of hydrogen-bond acceptors (Lipinski definition) is 2. The third-order valence-corrected chi connectivity index (χ3v) is 1.44. The molecule has 0 aromatic carbocycles. The first-order valence-electron chi connectivity index (χ1n) is 4.33. The Balaban J connectivity index is 3.26. The van der Waals surface area contributed by atoms with Gasteiger partial charge in [0.25, 0.3) is 0 Å². The van der Waals surface area contributed by atoms with Gasteiger partial charge in [0.05, 0.1) is 6.61 Å². The zero-order chi connectivity index (χ0) is 9.23. The molecular weight excluding hydrogens is 152 g/mol. The summed E-state index contributed by atoms with van der Waals surface area (Å²) in [6.45, 7) is 4.39. The van der Waals surface area contributed by atoms with E-state index in [1.165, 1.54) is 0 Å². The van der Waals surface area contributed by atoms with Crippen molar-refractivity contribution in [1.82, 2.24) is 0 Å². The molecule has 1 N–H and O–H groups in total. The van der Waals surface area contributed by atoms with Crippen molar-refractivity contribution in [1.29, 1.82) is 0 Å². The Labute approximate surface area is 74.6 Å². The monoisotopic (exact) mass is 170 g/mol. The highest BCUT2D eigenvalue weighted by Crippen LogP contribution is 1.99. The van der Waals surface area contributed by atoms with E-state index in [4.69, 9.17) is 4.74 Å². The predicted molar refractivity (Wildman–Crippen MR) is 50.8 cm³/mol. The molecule has 0 heterocycles. The zero-order valence-corrected chi connectivity index (χ0v) is 7.86. The van der Waals surface area contributed by atoms with Crippen molar-refractivity contribution in [3.63, 3.8) is 0 Å². The number of aliphatic hydroxyl groups excluding tert-OH is 1. The maximum absolute atomic E-state index is 9.21. The molecule has 0 spiro atoms. The quantitative estimate of drug-likeness (QED) is 0.489. The second-order valence-corrected chi connectivity index (χ2v) is 2.50. The molecule has 0 saturated heterocycles. The fourth-order valence-corrected chi connectivity index (χ4v) is 0.752. The van der Waals surface area contributed by atoms with E-state index in [0.29, 0.717) is 13.0 Å². The van der Waals surface area contributed by atoms with Crippen LogP contribution >= 0.6 is 0 Å². The molecule has 0 radical (unpaired) electrons. The van der Waals surface area contributed by atoms with Crippen LogP contribution in [0.25, 0.3) is 0 Å². The minimum absolute atomic E-state index is 0.494. The molecule has 12 heavy (non-hydrogen) atoms. The lowest BCUT2D eigenvalue weighted by Crippen LogP contribution is -2.11. The van der Waals surface area contributed by atoms with Crippen molar-refractivity contribution in [3.8, 4) is 0 Å². The molecule has 0 bridgehead atoms. The van der Waals surface area contributed by atoms with Crippen LogP contribution in [0.5, 0.6) is 0 Å². The van der Waals surface area contributed by atoms with Gasteiger partial charge in [0, 0.05) is 6.42 Å². The number of rotatable bonds is 6. The molecule has 0 saturated carbocycles. The van der Waals surface area contributed by atoms with Crippen molar-refractivity contribution >= 4 is 0 Å². The van der Waals surface area contributed by atoms with Gasteiger partial charge in [0.15, 0.2) is 6.29 Å². The standard InChI is InChI=1S/C10H18O2/c1-3-5-7-8-10(11)12-9-6-4-2/h3-6,10-11H,7-9H2,1-2H3/b5-3+,6-4+. The summed E-state index contributed by atoms with van der Waals surface area (Å²) in [7, 11) is 0. The van der Waals surface area contributed by atoms with Gasteiger partial charge in [-0.15, -0.1) is 0 Å². The van der Waals surface area contributed by atoms with Crippen LogP contribution in [-0.4, -0.2) is 18.0 Å². The van der Waals surface area contributed by atoms with Crippen LogP contribution in [0.1, 0.15) is 26.7 Å². The summed E-state index contributed by atoms with van der Waals surface area (Å²) in [6.07, 6.45) is 8.67. The summed E-state index contributed by atoms with van der Waals surface area (Å²) in [6, 6.07) is 0. The Morgan fingerprint density at radius 1 is 1.25 bits per heavy atom. The van der Waals surface area contributed by atoms with Crippen molar-refractivity contribution < 1.29 is 9.84 Å². The molecule has 0 aliphatic heterocycles. The zero-order valence-electron chi connectivity index (χ0n) is 7.86. The highest BCUT2D eigenvalue weighted by molar-refractivity contribution is 4.78. The van der Waals surface area contributed by atoms with E-state index in [1.807, 2.05) is 38.2 Å². The first kappa shape index (κ1) is 11.4. The van der Waals surface area contributed by atoms with Gasteiger partial charge in [-0.1, -0.05) is 24.3 Å². The molecule has 0 aliphatic carbocycles. The van der Waals surface area contributed by atoms with Gasteiger partial charge < -0.3 is 9.84 Å². The molecule has 0 aliphatic rings. The molecule has 2 heteroatoms. The largest absolute Gasteiger partial charge is 0.368 e. The molecule has 1 atom stereocenters. The van der Waals surface area contributed by atoms with E-state index >= 15 is 0 Å². The van der Waals surface area contributed by atoms with Crippen LogP contribution in [0.2, 0.25) is 0 Å². The average molecular weight is 170 g/mol. The van der Waals surface area contributed by atoms with E-state index in [0.717, 1.165) is 6.42 Å². The lowest BCUT2D eigenvalue weighted by Gasteiger charge is -2.08. The maximum atomic E-state index is 9.21. The maximum Gasteiger partial charge on any atom is 0.155 e. The van der Waals surface area contributed by atoms with Gasteiger partial charge in [-0.2, -0.15) is 0 Å². The first-order valence-corrected chi connectivity index (χ1v) is 4.33. The summed E-state index contributed by atoms with van der Waals surface area (Å²) in [5.74, 6) is 0. The van der Waals surface area contributed by atoms with Gasteiger partial charge in [-0.25, -0.2) is 0 Å². The predicted octanol–water partition coefficient (Wildman–Crippen LogP) is 2.25. The van der Waals surface area contributed by atoms with Gasteiger partial charge in [0.2, 0.25) is 0 Å². The minimum Gasteiger partial charge on any atom is -0.368 e. The lowest BCUT2D eigenvalue weighted by molar-refractivity contribution is -0.0920. The third kappa shape index (κ3) is 7.51. The van der Waals surface area contributed by atoms with Gasteiger partial charge in [-0.3, -0.25) is 0 Å². The highest BCUT2D eigenvalue weighted by atomic mass is 16.6. The van der Waals surface area contributed by atoms with Crippen molar-refractivity contribution in [2.75, 3.05) is 6.61 Å². The molecule has 0 aromatic rings. The molecule has 2 nitrogen and oxygen atoms in total. The molecule has 70 valence electrons.